The summed E-state index contributed by atoms with van der Waals surface area (Å²) in [7, 11) is -3.24. The molecule has 0 unspecified atom stereocenters. The largest absolute Gasteiger partial charge is 0.443 e. The van der Waals surface area contributed by atoms with Crippen molar-refractivity contribution in [2.45, 2.75) is 4.90 Å². The van der Waals surface area contributed by atoms with Gasteiger partial charge in [0.1, 0.15) is 17.0 Å². The van der Waals surface area contributed by atoms with Crippen molar-refractivity contribution in [3.8, 4) is 11.8 Å². The van der Waals surface area contributed by atoms with Crippen LogP contribution in [0.2, 0.25) is 0 Å². The molecule has 0 aliphatic rings. The summed E-state index contributed by atoms with van der Waals surface area (Å²) in [5, 5.41) is 4.95. The number of rotatable bonds is 3. The molecule has 0 aliphatic heterocycles. The molecule has 0 atom stereocenters. The Balaban J connectivity index is 1.47. The summed E-state index contributed by atoms with van der Waals surface area (Å²) in [4.78, 5) is 13.2. The summed E-state index contributed by atoms with van der Waals surface area (Å²) in [6.45, 7) is 0. The number of nitrogens with zero attached hydrogens (tertiary/aromatic N) is 3. The number of aromatic nitrogens is 3. The Labute approximate surface area is 184 Å². The van der Waals surface area contributed by atoms with Gasteiger partial charge < -0.3 is 9.73 Å². The molecule has 5 rings (SSSR count). The Morgan fingerprint density at radius 3 is 2.59 bits per heavy atom. The van der Waals surface area contributed by atoms with Crippen LogP contribution in [-0.2, 0) is 9.84 Å². The van der Waals surface area contributed by atoms with E-state index in [9.17, 15) is 8.42 Å². The van der Waals surface area contributed by atoms with Crippen molar-refractivity contribution in [2.75, 3.05) is 11.6 Å². The topological polar surface area (TPSA) is 98.0 Å². The van der Waals surface area contributed by atoms with Crippen molar-refractivity contribution < 1.29 is 12.8 Å². The van der Waals surface area contributed by atoms with E-state index in [1.807, 2.05) is 30.3 Å². The fourth-order valence-corrected chi connectivity index (χ4v) is 3.86. The molecule has 0 bridgehead atoms. The van der Waals surface area contributed by atoms with Gasteiger partial charge >= 0.3 is 0 Å². The number of oxazole rings is 1. The Bertz CT molecular complexity index is 1630. The zero-order valence-electron chi connectivity index (χ0n) is 16.9. The van der Waals surface area contributed by atoms with Crippen molar-refractivity contribution in [3.63, 3.8) is 0 Å². The molecule has 156 valence electrons. The van der Waals surface area contributed by atoms with Gasteiger partial charge in [0.05, 0.1) is 4.90 Å². The second-order valence-corrected chi connectivity index (χ2v) is 9.17. The first-order valence-electron chi connectivity index (χ1n) is 9.63. The molecule has 32 heavy (non-hydrogen) atoms. The van der Waals surface area contributed by atoms with E-state index in [1.165, 1.54) is 12.6 Å². The predicted octanol–water partition coefficient (Wildman–Crippen LogP) is 4.32. The second kappa shape index (κ2) is 7.80. The lowest BCUT2D eigenvalue weighted by Crippen LogP contribution is -1.98. The summed E-state index contributed by atoms with van der Waals surface area (Å²) in [5.41, 5.74) is 3.61. The van der Waals surface area contributed by atoms with Crippen LogP contribution >= 0.6 is 0 Å². The van der Waals surface area contributed by atoms with E-state index in [4.69, 9.17) is 4.42 Å². The number of hydrogen-bond acceptors (Lipinski definition) is 7. The highest BCUT2D eigenvalue weighted by atomic mass is 32.2. The molecule has 1 N–H and O–H groups in total. The number of sulfone groups is 1. The van der Waals surface area contributed by atoms with Crippen LogP contribution in [0.1, 0.15) is 11.3 Å². The molecule has 7 nitrogen and oxygen atoms in total. The molecule has 3 aromatic heterocycles. The Morgan fingerprint density at radius 2 is 1.78 bits per heavy atom. The molecule has 5 aromatic rings. The maximum Gasteiger partial charge on any atom is 0.181 e. The summed E-state index contributed by atoms with van der Waals surface area (Å²) in [6.07, 6.45) is 6.03. The van der Waals surface area contributed by atoms with Crippen LogP contribution in [0.15, 0.2) is 82.7 Å². The minimum Gasteiger partial charge on any atom is -0.443 e. The van der Waals surface area contributed by atoms with E-state index in [0.29, 0.717) is 17.1 Å². The normalized spacial score (nSPS) is 11.3. The maximum atomic E-state index is 11.6. The van der Waals surface area contributed by atoms with E-state index in [0.717, 1.165) is 27.5 Å². The molecule has 3 heterocycles. The third-order valence-corrected chi connectivity index (χ3v) is 5.99. The number of pyridine rings is 2. The fraction of sp³-hybridized carbons (Fsp3) is 0.0417. The van der Waals surface area contributed by atoms with Crippen LogP contribution < -0.4 is 5.32 Å². The monoisotopic (exact) mass is 440 g/mol. The molecule has 0 fully saturated rings. The van der Waals surface area contributed by atoms with Crippen LogP contribution in [0.5, 0.6) is 0 Å². The van der Waals surface area contributed by atoms with E-state index in [2.05, 4.69) is 32.1 Å². The Kier molecular flexibility index (Phi) is 4.81. The van der Waals surface area contributed by atoms with Crippen LogP contribution in [-0.4, -0.2) is 29.6 Å². The molecule has 8 heteroatoms. The van der Waals surface area contributed by atoms with Gasteiger partial charge in [-0.05, 0) is 60.5 Å². The molecule has 0 radical (unpaired) electrons. The number of anilines is 2. The van der Waals surface area contributed by atoms with Gasteiger partial charge in [0.25, 0.3) is 0 Å². The van der Waals surface area contributed by atoms with Gasteiger partial charge in [0.15, 0.2) is 21.8 Å². The van der Waals surface area contributed by atoms with Crippen molar-refractivity contribution >= 4 is 43.2 Å². The molecule has 0 aliphatic carbocycles. The quantitative estimate of drug-likeness (QED) is 0.417. The highest BCUT2D eigenvalue weighted by Gasteiger charge is 2.07. The smallest absolute Gasteiger partial charge is 0.181 e. The fourth-order valence-electron chi connectivity index (χ4n) is 3.23. The Morgan fingerprint density at radius 1 is 0.938 bits per heavy atom. The van der Waals surface area contributed by atoms with Crippen LogP contribution in [0.4, 0.5) is 11.5 Å². The molecule has 0 saturated heterocycles. The highest BCUT2D eigenvalue weighted by molar-refractivity contribution is 7.90. The third kappa shape index (κ3) is 4.02. The minimum atomic E-state index is -3.24. The molecule has 2 aromatic carbocycles. The van der Waals surface area contributed by atoms with Gasteiger partial charge in [-0.15, -0.1) is 0 Å². The first-order chi connectivity index (χ1) is 15.5. The number of nitrogens with one attached hydrogen (secondary N) is 1. The van der Waals surface area contributed by atoms with Crippen LogP contribution in [0.3, 0.4) is 0 Å². The first-order valence-corrected chi connectivity index (χ1v) is 11.5. The molecular weight excluding hydrogens is 424 g/mol. The van der Waals surface area contributed by atoms with E-state index < -0.39 is 9.84 Å². The van der Waals surface area contributed by atoms with Crippen molar-refractivity contribution in [1.29, 1.82) is 0 Å². The zero-order chi connectivity index (χ0) is 22.1. The third-order valence-electron chi connectivity index (χ3n) is 4.86. The van der Waals surface area contributed by atoms with E-state index in [-0.39, 0.29) is 4.90 Å². The summed E-state index contributed by atoms with van der Waals surface area (Å²) >= 11 is 0. The van der Waals surface area contributed by atoms with Gasteiger partial charge in [-0.2, -0.15) is 0 Å². The van der Waals surface area contributed by atoms with Gasteiger partial charge in [0, 0.05) is 40.7 Å². The van der Waals surface area contributed by atoms with Crippen molar-refractivity contribution in [2.24, 2.45) is 0 Å². The predicted molar refractivity (Wildman–Crippen MR) is 122 cm³/mol. The first kappa shape index (κ1) is 19.7. The zero-order valence-corrected chi connectivity index (χ0v) is 17.7. The van der Waals surface area contributed by atoms with Gasteiger partial charge in [-0.3, -0.25) is 0 Å². The summed E-state index contributed by atoms with van der Waals surface area (Å²) in [5.74, 6) is 6.86. The SMILES string of the molecule is CS(=O)(=O)c1ccc(Nc2cc3c(C#Cc4ccc5ncoc5c4)nccc3cn2)cc1. The maximum absolute atomic E-state index is 11.6. The molecular formula is C24H16N4O3S. The molecule has 0 amide bonds. The average molecular weight is 440 g/mol. The average Bonchev–Trinajstić information content (AvgIpc) is 3.25. The van der Waals surface area contributed by atoms with Crippen molar-refractivity contribution in [1.82, 2.24) is 15.0 Å². The van der Waals surface area contributed by atoms with Crippen LogP contribution in [0.25, 0.3) is 21.9 Å². The molecule has 0 spiro atoms. The van der Waals surface area contributed by atoms with Crippen molar-refractivity contribution in [3.05, 3.63) is 84.6 Å². The number of hydrogen-bond donors (Lipinski definition) is 1. The van der Waals surface area contributed by atoms with E-state index in [1.54, 1.807) is 36.7 Å². The Hall–Kier alpha value is -4.22. The summed E-state index contributed by atoms with van der Waals surface area (Å²) < 4.78 is 28.6. The van der Waals surface area contributed by atoms with Gasteiger partial charge in [-0.1, -0.05) is 5.92 Å². The van der Waals surface area contributed by atoms with Gasteiger partial charge in [-0.25, -0.2) is 23.4 Å². The lowest BCUT2D eigenvalue weighted by atomic mass is 10.1. The standard InChI is InChI=1S/C24H16N4O3S/c1-32(29,30)19-6-4-18(5-7-19)28-24-13-20-17(14-26-24)10-11-25-21(20)8-2-16-3-9-22-23(12-16)31-15-27-22/h3-7,9-15H,1H3,(H,26,28). The summed E-state index contributed by atoms with van der Waals surface area (Å²) in [6, 6.07) is 15.9. The highest BCUT2D eigenvalue weighted by Crippen LogP contribution is 2.23. The number of benzene rings is 2. The van der Waals surface area contributed by atoms with Crippen LogP contribution in [0, 0.1) is 11.8 Å². The lowest BCUT2D eigenvalue weighted by Gasteiger charge is -2.08. The minimum absolute atomic E-state index is 0.264. The van der Waals surface area contributed by atoms with Gasteiger partial charge in [0.2, 0.25) is 0 Å². The second-order valence-electron chi connectivity index (χ2n) is 7.16. The van der Waals surface area contributed by atoms with E-state index >= 15 is 0 Å². The lowest BCUT2D eigenvalue weighted by molar-refractivity contribution is 0.601. The molecule has 0 saturated carbocycles. The number of fused-ring (bicyclic) bond motifs is 2.